The topological polar surface area (TPSA) is 74.6 Å². The number of hydrogen-bond donors (Lipinski definition) is 2. The van der Waals surface area contributed by atoms with Crippen molar-refractivity contribution in [1.82, 2.24) is 14.8 Å². The molecule has 6 nitrogen and oxygen atoms in total. The maximum Gasteiger partial charge on any atom is 0.327 e. The predicted molar refractivity (Wildman–Crippen MR) is 80.5 cm³/mol. The van der Waals surface area contributed by atoms with Gasteiger partial charge in [0.1, 0.15) is 11.7 Å². The van der Waals surface area contributed by atoms with Crippen molar-refractivity contribution in [2.45, 2.75) is 24.9 Å². The molecule has 2 aliphatic rings. The zero-order chi connectivity index (χ0) is 14.8. The van der Waals surface area contributed by atoms with E-state index < -0.39 is 12.0 Å². The van der Waals surface area contributed by atoms with Crippen molar-refractivity contribution in [3.63, 3.8) is 0 Å². The number of nitrogens with one attached hydrogen (secondary N) is 1. The summed E-state index contributed by atoms with van der Waals surface area (Å²) < 4.78 is 2.02. The monoisotopic (exact) mass is 309 g/mol. The van der Waals surface area contributed by atoms with Crippen LogP contribution >= 0.6 is 11.8 Å². The molecule has 0 saturated carbocycles. The first kappa shape index (κ1) is 14.5. The number of piperidine rings is 1. The smallest absolute Gasteiger partial charge is 0.327 e. The number of carboxylic acid groups (broad SMARTS) is 1. The summed E-state index contributed by atoms with van der Waals surface area (Å²) in [5.41, 5.74) is 0.607. The second-order valence-electron chi connectivity index (χ2n) is 5.41. The summed E-state index contributed by atoms with van der Waals surface area (Å²) in [4.78, 5) is 25.4. The molecule has 0 bridgehead atoms. The molecule has 0 spiro atoms. The van der Waals surface area contributed by atoms with Crippen LogP contribution in [-0.2, 0) is 4.79 Å². The Labute approximate surface area is 127 Å². The summed E-state index contributed by atoms with van der Waals surface area (Å²) in [5, 5.41) is 12.5. The fourth-order valence-corrected chi connectivity index (χ4v) is 4.12. The van der Waals surface area contributed by atoms with Crippen molar-refractivity contribution in [2.75, 3.05) is 24.7 Å². The number of aromatic nitrogens is 1. The number of carbonyl (C=O) groups is 2. The maximum atomic E-state index is 12.7. The molecule has 2 saturated heterocycles. The summed E-state index contributed by atoms with van der Waals surface area (Å²) in [6, 6.07) is 3.28. The first-order valence-electron chi connectivity index (χ1n) is 7.17. The number of carboxylic acids is 1. The van der Waals surface area contributed by atoms with Crippen molar-refractivity contribution in [2.24, 2.45) is 0 Å². The van der Waals surface area contributed by atoms with Crippen molar-refractivity contribution in [3.8, 4) is 0 Å². The minimum atomic E-state index is -0.923. The van der Waals surface area contributed by atoms with Crippen molar-refractivity contribution in [1.29, 1.82) is 0 Å². The molecular weight excluding hydrogens is 290 g/mol. The highest BCUT2D eigenvalue weighted by Gasteiger charge is 2.36. The van der Waals surface area contributed by atoms with E-state index in [-0.39, 0.29) is 5.91 Å². The van der Waals surface area contributed by atoms with Gasteiger partial charge in [0, 0.05) is 18.0 Å². The minimum absolute atomic E-state index is 0.170. The Morgan fingerprint density at radius 1 is 1.33 bits per heavy atom. The van der Waals surface area contributed by atoms with Crippen LogP contribution in [0.25, 0.3) is 0 Å². The molecule has 1 atom stereocenters. The number of hydrogen-bond acceptors (Lipinski definition) is 4. The molecule has 0 radical (unpaired) electrons. The first-order chi connectivity index (χ1) is 10.2. The van der Waals surface area contributed by atoms with Gasteiger partial charge >= 0.3 is 5.97 Å². The maximum absolute atomic E-state index is 12.7. The summed E-state index contributed by atoms with van der Waals surface area (Å²) in [7, 11) is 0. The van der Waals surface area contributed by atoms with Gasteiger partial charge in [0.05, 0.1) is 5.88 Å². The average Bonchev–Trinajstić information content (AvgIpc) is 3.16. The Bertz CT molecular complexity index is 539. The number of carbonyl (C=O) groups excluding carboxylic acids is 1. The Morgan fingerprint density at radius 3 is 2.81 bits per heavy atom. The van der Waals surface area contributed by atoms with Crippen LogP contribution in [0.15, 0.2) is 18.3 Å². The molecule has 1 aromatic heterocycles. The average molecular weight is 309 g/mol. The molecule has 7 heteroatoms. The highest BCUT2D eigenvalue weighted by molar-refractivity contribution is 7.99. The number of nitrogens with zero attached hydrogens (tertiary/aromatic N) is 2. The second-order valence-corrected chi connectivity index (χ2v) is 6.41. The fourth-order valence-electron chi connectivity index (χ4n) is 2.97. The van der Waals surface area contributed by atoms with Gasteiger partial charge in [0.2, 0.25) is 0 Å². The molecule has 0 aromatic carbocycles. The van der Waals surface area contributed by atoms with Gasteiger partial charge in [-0.2, -0.15) is 0 Å². The highest BCUT2D eigenvalue weighted by Crippen LogP contribution is 2.26. The van der Waals surface area contributed by atoms with E-state index in [1.807, 2.05) is 16.8 Å². The largest absolute Gasteiger partial charge is 0.480 e. The lowest BCUT2D eigenvalue weighted by atomic mass is 10.1. The van der Waals surface area contributed by atoms with E-state index in [9.17, 15) is 14.7 Å². The Kier molecular flexibility index (Phi) is 4.21. The summed E-state index contributed by atoms with van der Waals surface area (Å²) in [5.74, 6) is -0.174. The molecule has 1 aromatic rings. The van der Waals surface area contributed by atoms with Gasteiger partial charge < -0.3 is 19.9 Å². The van der Waals surface area contributed by atoms with Crippen LogP contribution in [-0.4, -0.2) is 57.2 Å². The van der Waals surface area contributed by atoms with Gasteiger partial charge in [0.25, 0.3) is 5.91 Å². The summed E-state index contributed by atoms with van der Waals surface area (Å²) >= 11 is 1.49. The van der Waals surface area contributed by atoms with E-state index in [0.29, 0.717) is 23.4 Å². The zero-order valence-corrected chi connectivity index (χ0v) is 12.5. The Balaban J connectivity index is 1.82. The van der Waals surface area contributed by atoms with Crippen molar-refractivity contribution < 1.29 is 14.7 Å². The molecule has 2 N–H and O–H groups in total. The number of rotatable bonds is 3. The Morgan fingerprint density at radius 2 is 2.10 bits per heavy atom. The molecule has 0 unspecified atom stereocenters. The van der Waals surface area contributed by atoms with Crippen LogP contribution in [0.5, 0.6) is 0 Å². The van der Waals surface area contributed by atoms with Crippen molar-refractivity contribution in [3.05, 3.63) is 24.0 Å². The van der Waals surface area contributed by atoms with Crippen LogP contribution in [0, 0.1) is 0 Å². The molecule has 114 valence electrons. The SMILES string of the molecule is O=C(O)[C@@H]1CSCN1C(=O)c1cccn1C1CCNCC1. The number of amides is 1. The first-order valence-corrected chi connectivity index (χ1v) is 8.33. The van der Waals surface area contributed by atoms with Gasteiger partial charge in [-0.05, 0) is 38.1 Å². The zero-order valence-electron chi connectivity index (χ0n) is 11.7. The third-order valence-electron chi connectivity index (χ3n) is 4.13. The molecule has 3 rings (SSSR count). The van der Waals surface area contributed by atoms with Gasteiger partial charge in [-0.3, -0.25) is 4.79 Å². The molecule has 3 heterocycles. The quantitative estimate of drug-likeness (QED) is 0.872. The van der Waals surface area contributed by atoms with Gasteiger partial charge in [0.15, 0.2) is 0 Å². The van der Waals surface area contributed by atoms with Crippen LogP contribution in [0.1, 0.15) is 29.4 Å². The third-order valence-corrected chi connectivity index (χ3v) is 5.14. The predicted octanol–water partition coefficient (Wildman–Crippen LogP) is 1.01. The van der Waals surface area contributed by atoms with Crippen molar-refractivity contribution >= 4 is 23.6 Å². The highest BCUT2D eigenvalue weighted by atomic mass is 32.2. The van der Waals surface area contributed by atoms with E-state index in [0.717, 1.165) is 25.9 Å². The Hall–Kier alpha value is -1.47. The normalized spacial score (nSPS) is 23.4. The lowest BCUT2D eigenvalue weighted by Crippen LogP contribution is -2.42. The standard InChI is InChI=1S/C14H19N3O3S/c18-13(17-9-21-8-12(17)14(19)20)11-2-1-7-16(11)10-3-5-15-6-4-10/h1-2,7,10,12,15H,3-6,8-9H2,(H,19,20)/t12-/m0/s1. The molecule has 2 aliphatic heterocycles. The third kappa shape index (κ3) is 2.80. The van der Waals surface area contributed by atoms with Crippen LogP contribution in [0.3, 0.4) is 0 Å². The lowest BCUT2D eigenvalue weighted by molar-refractivity contribution is -0.140. The van der Waals surface area contributed by atoms with E-state index in [1.54, 1.807) is 6.07 Å². The minimum Gasteiger partial charge on any atom is -0.480 e. The van der Waals surface area contributed by atoms with E-state index in [1.165, 1.54) is 16.7 Å². The molecule has 0 aliphatic carbocycles. The van der Waals surface area contributed by atoms with Crippen LogP contribution in [0.2, 0.25) is 0 Å². The van der Waals surface area contributed by atoms with E-state index >= 15 is 0 Å². The molecule has 1 amide bonds. The van der Waals surface area contributed by atoms with Crippen LogP contribution in [0.4, 0.5) is 0 Å². The van der Waals surface area contributed by atoms with Crippen LogP contribution < -0.4 is 5.32 Å². The van der Waals surface area contributed by atoms with Gasteiger partial charge in [-0.1, -0.05) is 0 Å². The van der Waals surface area contributed by atoms with E-state index in [4.69, 9.17) is 0 Å². The number of thioether (sulfide) groups is 1. The summed E-state index contributed by atoms with van der Waals surface area (Å²) in [6.07, 6.45) is 3.92. The molecular formula is C14H19N3O3S. The van der Waals surface area contributed by atoms with E-state index in [2.05, 4.69) is 5.32 Å². The number of aliphatic carboxylic acids is 1. The lowest BCUT2D eigenvalue weighted by Gasteiger charge is -2.27. The fraction of sp³-hybridized carbons (Fsp3) is 0.571. The van der Waals surface area contributed by atoms with Gasteiger partial charge in [-0.15, -0.1) is 11.8 Å². The van der Waals surface area contributed by atoms with Gasteiger partial charge in [-0.25, -0.2) is 4.79 Å². The molecule has 2 fully saturated rings. The summed E-state index contributed by atoms with van der Waals surface area (Å²) in [6.45, 7) is 1.90. The second kappa shape index (κ2) is 6.11. The molecule has 21 heavy (non-hydrogen) atoms.